The van der Waals surface area contributed by atoms with Gasteiger partial charge in [-0.1, -0.05) is 6.07 Å². The van der Waals surface area contributed by atoms with Gasteiger partial charge in [-0.05, 0) is 25.0 Å². The van der Waals surface area contributed by atoms with Gasteiger partial charge in [-0.2, -0.15) is 0 Å². The molecule has 1 aliphatic heterocycles. The summed E-state index contributed by atoms with van der Waals surface area (Å²) in [6.07, 6.45) is 1.74. The molecule has 0 radical (unpaired) electrons. The van der Waals surface area contributed by atoms with Gasteiger partial charge in [0.15, 0.2) is 0 Å². The molecule has 6 heteroatoms. The number of pyridine rings is 1. The fourth-order valence-electron chi connectivity index (χ4n) is 1.72. The Morgan fingerprint density at radius 3 is 2.94 bits per heavy atom. The molecular formula is C12H16N4O2. The number of nitrogens with one attached hydrogen (secondary N) is 3. The van der Waals surface area contributed by atoms with Crippen LogP contribution in [0.2, 0.25) is 0 Å². The second-order valence-electron chi connectivity index (χ2n) is 4.37. The Morgan fingerprint density at radius 2 is 2.33 bits per heavy atom. The summed E-state index contributed by atoms with van der Waals surface area (Å²) in [7, 11) is 0. The van der Waals surface area contributed by atoms with Crippen molar-refractivity contribution < 1.29 is 9.59 Å². The first-order valence-electron chi connectivity index (χ1n) is 5.80. The second-order valence-corrected chi connectivity index (χ2v) is 4.37. The number of amides is 3. The summed E-state index contributed by atoms with van der Waals surface area (Å²) in [6, 6.07) is 1.20. The van der Waals surface area contributed by atoms with Gasteiger partial charge in [0.1, 0.15) is 6.04 Å². The van der Waals surface area contributed by atoms with E-state index < -0.39 is 6.04 Å². The lowest BCUT2D eigenvalue weighted by Gasteiger charge is -2.10. The molecule has 0 bridgehead atoms. The zero-order chi connectivity index (χ0) is 13.1. The van der Waals surface area contributed by atoms with Crippen LogP contribution in [0.25, 0.3) is 0 Å². The van der Waals surface area contributed by atoms with E-state index in [4.69, 9.17) is 0 Å². The zero-order valence-corrected chi connectivity index (χ0v) is 10.4. The first kappa shape index (κ1) is 12.3. The topological polar surface area (TPSA) is 83.1 Å². The summed E-state index contributed by atoms with van der Waals surface area (Å²) in [5, 5.41) is 7.85. The predicted octanol–water partition coefficient (Wildman–Crippen LogP) is -0.00396. The van der Waals surface area contributed by atoms with E-state index in [9.17, 15) is 9.59 Å². The van der Waals surface area contributed by atoms with Crippen molar-refractivity contribution in [1.29, 1.82) is 0 Å². The van der Waals surface area contributed by atoms with Gasteiger partial charge in [-0.3, -0.25) is 9.78 Å². The Balaban J connectivity index is 1.89. The molecule has 1 unspecified atom stereocenters. The van der Waals surface area contributed by atoms with E-state index in [0.717, 1.165) is 16.8 Å². The van der Waals surface area contributed by atoms with E-state index in [1.807, 2.05) is 19.9 Å². The molecule has 2 rings (SSSR count). The summed E-state index contributed by atoms with van der Waals surface area (Å²) in [4.78, 5) is 26.9. The summed E-state index contributed by atoms with van der Waals surface area (Å²) in [5.74, 6) is -0.188. The van der Waals surface area contributed by atoms with Gasteiger partial charge >= 0.3 is 6.03 Å². The molecule has 1 atom stereocenters. The third-order valence-corrected chi connectivity index (χ3v) is 2.95. The van der Waals surface area contributed by atoms with E-state index in [2.05, 4.69) is 20.9 Å². The maximum absolute atomic E-state index is 11.7. The third kappa shape index (κ3) is 2.77. The maximum Gasteiger partial charge on any atom is 0.315 e. The SMILES string of the molecule is Cc1cc(CNC(=O)C2CNC(=O)N2)cnc1C. The van der Waals surface area contributed by atoms with Crippen molar-refractivity contribution in [3.05, 3.63) is 29.1 Å². The smallest absolute Gasteiger partial charge is 0.315 e. The molecule has 3 amide bonds. The molecule has 1 aromatic rings. The highest BCUT2D eigenvalue weighted by Crippen LogP contribution is 2.06. The van der Waals surface area contributed by atoms with Crippen LogP contribution in [0.1, 0.15) is 16.8 Å². The number of aryl methyl sites for hydroxylation is 2. The minimum atomic E-state index is -0.489. The molecule has 1 saturated heterocycles. The lowest BCUT2D eigenvalue weighted by atomic mass is 10.1. The predicted molar refractivity (Wildman–Crippen MR) is 65.9 cm³/mol. The Kier molecular flexibility index (Phi) is 3.45. The number of hydrogen-bond acceptors (Lipinski definition) is 3. The van der Waals surface area contributed by atoms with E-state index in [-0.39, 0.29) is 11.9 Å². The third-order valence-electron chi connectivity index (χ3n) is 2.95. The average molecular weight is 248 g/mol. The lowest BCUT2D eigenvalue weighted by molar-refractivity contribution is -0.122. The summed E-state index contributed by atoms with van der Waals surface area (Å²) >= 11 is 0. The molecule has 0 aliphatic carbocycles. The van der Waals surface area contributed by atoms with Gasteiger partial charge in [0.25, 0.3) is 0 Å². The Hall–Kier alpha value is -2.11. The van der Waals surface area contributed by atoms with E-state index in [1.54, 1.807) is 6.20 Å². The van der Waals surface area contributed by atoms with Crippen molar-refractivity contribution in [1.82, 2.24) is 20.9 Å². The first-order valence-corrected chi connectivity index (χ1v) is 5.80. The molecule has 1 aliphatic rings. The Labute approximate surface area is 105 Å². The molecule has 96 valence electrons. The molecule has 1 aromatic heterocycles. The fraction of sp³-hybridized carbons (Fsp3) is 0.417. The molecule has 6 nitrogen and oxygen atoms in total. The molecule has 0 spiro atoms. The van der Waals surface area contributed by atoms with Crippen LogP contribution in [-0.2, 0) is 11.3 Å². The van der Waals surface area contributed by atoms with E-state index >= 15 is 0 Å². The normalized spacial score (nSPS) is 18.1. The molecule has 3 N–H and O–H groups in total. The molecule has 1 fully saturated rings. The molecule has 2 heterocycles. The maximum atomic E-state index is 11.7. The average Bonchev–Trinajstić information content (AvgIpc) is 2.77. The molecule has 0 aromatic carbocycles. The van der Waals surface area contributed by atoms with Crippen molar-refractivity contribution >= 4 is 11.9 Å². The molecule has 0 saturated carbocycles. The zero-order valence-electron chi connectivity index (χ0n) is 10.4. The van der Waals surface area contributed by atoms with Crippen molar-refractivity contribution in [2.24, 2.45) is 0 Å². The van der Waals surface area contributed by atoms with Gasteiger partial charge in [-0.25, -0.2) is 4.79 Å². The van der Waals surface area contributed by atoms with Crippen LogP contribution in [0.15, 0.2) is 12.3 Å². The number of aromatic nitrogens is 1. The summed E-state index contributed by atoms with van der Waals surface area (Å²) in [6.45, 7) is 4.67. The highest BCUT2D eigenvalue weighted by molar-refractivity contribution is 5.90. The van der Waals surface area contributed by atoms with E-state index in [1.165, 1.54) is 0 Å². The monoisotopic (exact) mass is 248 g/mol. The van der Waals surface area contributed by atoms with Gasteiger partial charge < -0.3 is 16.0 Å². The number of carbonyl (C=O) groups excluding carboxylic acids is 2. The summed E-state index contributed by atoms with van der Waals surface area (Å²) < 4.78 is 0. The van der Waals surface area contributed by atoms with Gasteiger partial charge in [-0.15, -0.1) is 0 Å². The van der Waals surface area contributed by atoms with E-state index in [0.29, 0.717) is 13.1 Å². The molecule has 18 heavy (non-hydrogen) atoms. The Morgan fingerprint density at radius 1 is 1.56 bits per heavy atom. The van der Waals surface area contributed by atoms with Gasteiger partial charge in [0, 0.05) is 25.0 Å². The van der Waals surface area contributed by atoms with Crippen molar-refractivity contribution in [3.63, 3.8) is 0 Å². The molecular weight excluding hydrogens is 232 g/mol. The minimum absolute atomic E-state index is 0.188. The van der Waals surface area contributed by atoms with Crippen LogP contribution in [0.5, 0.6) is 0 Å². The summed E-state index contributed by atoms with van der Waals surface area (Å²) in [5.41, 5.74) is 3.03. The highest BCUT2D eigenvalue weighted by Gasteiger charge is 2.26. The Bertz CT molecular complexity index is 487. The number of nitrogens with zero attached hydrogens (tertiary/aromatic N) is 1. The quantitative estimate of drug-likeness (QED) is 0.704. The fourth-order valence-corrected chi connectivity index (χ4v) is 1.72. The van der Waals surface area contributed by atoms with Crippen LogP contribution < -0.4 is 16.0 Å². The van der Waals surface area contributed by atoms with Crippen LogP contribution in [-0.4, -0.2) is 29.5 Å². The first-order chi connectivity index (χ1) is 8.56. The van der Waals surface area contributed by atoms with Gasteiger partial charge in [0.2, 0.25) is 5.91 Å². The van der Waals surface area contributed by atoms with Crippen LogP contribution >= 0.6 is 0 Å². The van der Waals surface area contributed by atoms with Crippen molar-refractivity contribution in [3.8, 4) is 0 Å². The minimum Gasteiger partial charge on any atom is -0.350 e. The largest absolute Gasteiger partial charge is 0.350 e. The second kappa shape index (κ2) is 5.03. The van der Waals surface area contributed by atoms with Crippen LogP contribution in [0.4, 0.5) is 4.79 Å². The van der Waals surface area contributed by atoms with Crippen molar-refractivity contribution in [2.45, 2.75) is 26.4 Å². The van der Waals surface area contributed by atoms with Crippen molar-refractivity contribution in [2.75, 3.05) is 6.54 Å². The standard InChI is InChI=1S/C12H16N4O2/c1-7-3-9(4-13-8(7)2)5-14-11(17)10-6-15-12(18)16-10/h3-4,10H,5-6H2,1-2H3,(H,14,17)(H2,15,16,18). The number of hydrogen-bond donors (Lipinski definition) is 3. The number of carbonyl (C=O) groups is 2. The number of rotatable bonds is 3. The van der Waals surface area contributed by atoms with Gasteiger partial charge in [0.05, 0.1) is 0 Å². The van der Waals surface area contributed by atoms with Crippen LogP contribution in [0.3, 0.4) is 0 Å². The highest BCUT2D eigenvalue weighted by atomic mass is 16.2. The number of urea groups is 1. The lowest BCUT2D eigenvalue weighted by Crippen LogP contribution is -2.42. The van der Waals surface area contributed by atoms with Crippen LogP contribution in [0, 0.1) is 13.8 Å².